The standard InChI is InChI=1S/C25H14Br2Cl2O/c26-17-7-9-19-15(11-17)3-1-5-21(19)23(13-28)25(30)24(14-29)22-6-2-4-16-12-18(27)8-10-20(16)22/h1-14H. The van der Waals surface area contributed by atoms with E-state index in [1.165, 1.54) is 11.1 Å². The summed E-state index contributed by atoms with van der Waals surface area (Å²) in [6, 6.07) is 23.5. The molecule has 0 aliphatic rings. The van der Waals surface area contributed by atoms with Crippen molar-refractivity contribution in [3.63, 3.8) is 0 Å². The number of allylic oxidation sites excluding steroid dienone is 2. The van der Waals surface area contributed by atoms with E-state index >= 15 is 0 Å². The normalized spacial score (nSPS) is 12.5. The molecular weight excluding hydrogens is 547 g/mol. The van der Waals surface area contributed by atoms with Gasteiger partial charge in [0.2, 0.25) is 0 Å². The molecule has 0 amide bonds. The maximum absolute atomic E-state index is 13.6. The first kappa shape index (κ1) is 21.3. The molecule has 4 rings (SSSR count). The molecule has 30 heavy (non-hydrogen) atoms. The summed E-state index contributed by atoms with van der Waals surface area (Å²) in [4.78, 5) is 13.6. The molecule has 0 N–H and O–H groups in total. The number of rotatable bonds is 4. The summed E-state index contributed by atoms with van der Waals surface area (Å²) in [6.07, 6.45) is 0. The largest absolute Gasteiger partial charge is 0.288 e. The van der Waals surface area contributed by atoms with Crippen LogP contribution in [-0.4, -0.2) is 5.78 Å². The summed E-state index contributed by atoms with van der Waals surface area (Å²) in [7, 11) is 0. The van der Waals surface area contributed by atoms with Crippen LogP contribution < -0.4 is 0 Å². The molecule has 0 bridgehead atoms. The second-order valence-corrected chi connectivity index (χ2v) is 8.98. The second-order valence-electron chi connectivity index (χ2n) is 6.72. The molecule has 4 aromatic rings. The van der Waals surface area contributed by atoms with E-state index in [1.54, 1.807) is 0 Å². The van der Waals surface area contributed by atoms with Crippen molar-refractivity contribution in [1.29, 1.82) is 0 Å². The quantitative estimate of drug-likeness (QED) is 0.228. The number of ketones is 1. The number of fused-ring (bicyclic) bond motifs is 2. The van der Waals surface area contributed by atoms with Crippen molar-refractivity contribution in [3.8, 4) is 0 Å². The van der Waals surface area contributed by atoms with Crippen molar-refractivity contribution in [1.82, 2.24) is 0 Å². The van der Waals surface area contributed by atoms with Gasteiger partial charge in [0.1, 0.15) is 0 Å². The smallest absolute Gasteiger partial charge is 0.196 e. The molecule has 1 nitrogen and oxygen atoms in total. The maximum Gasteiger partial charge on any atom is 0.196 e. The molecule has 0 aliphatic carbocycles. The first-order valence-corrected chi connectivity index (χ1v) is 11.5. The predicted molar refractivity (Wildman–Crippen MR) is 136 cm³/mol. The highest BCUT2D eigenvalue weighted by atomic mass is 79.9. The molecule has 0 radical (unpaired) electrons. The molecule has 0 atom stereocenters. The Morgan fingerprint density at radius 3 is 1.50 bits per heavy atom. The minimum Gasteiger partial charge on any atom is -0.288 e. The first-order chi connectivity index (χ1) is 14.5. The fraction of sp³-hybridized carbons (Fsp3) is 0. The van der Waals surface area contributed by atoms with E-state index in [1.807, 2.05) is 72.8 Å². The fourth-order valence-corrected chi connectivity index (χ4v) is 4.78. The van der Waals surface area contributed by atoms with Crippen molar-refractivity contribution < 1.29 is 4.79 Å². The molecule has 0 fully saturated rings. The SMILES string of the molecule is O=C(C(=CCl)c1cccc2cc(Br)ccc12)C(=CCl)c1cccc2cc(Br)ccc12. The van der Waals surface area contributed by atoms with Crippen LogP contribution in [0.2, 0.25) is 0 Å². The Morgan fingerprint density at radius 1 is 0.667 bits per heavy atom. The number of benzene rings is 4. The Kier molecular flexibility index (Phi) is 6.45. The van der Waals surface area contributed by atoms with Crippen molar-refractivity contribution in [2.45, 2.75) is 0 Å². The number of hydrogen-bond acceptors (Lipinski definition) is 1. The van der Waals surface area contributed by atoms with Gasteiger partial charge in [-0.15, -0.1) is 0 Å². The third-order valence-corrected chi connectivity index (χ3v) is 6.40. The molecule has 4 aromatic carbocycles. The van der Waals surface area contributed by atoms with Crippen molar-refractivity contribution in [2.24, 2.45) is 0 Å². The monoisotopic (exact) mass is 558 g/mol. The van der Waals surface area contributed by atoms with Crippen LogP contribution in [0, 0.1) is 0 Å². The van der Waals surface area contributed by atoms with Crippen LogP contribution in [0.1, 0.15) is 11.1 Å². The summed E-state index contributed by atoms with van der Waals surface area (Å²) < 4.78 is 1.94. The highest BCUT2D eigenvalue weighted by Gasteiger charge is 2.21. The van der Waals surface area contributed by atoms with Gasteiger partial charge >= 0.3 is 0 Å². The maximum atomic E-state index is 13.6. The van der Waals surface area contributed by atoms with Gasteiger partial charge in [0.25, 0.3) is 0 Å². The summed E-state index contributed by atoms with van der Waals surface area (Å²) >= 11 is 19.4. The molecule has 0 aliphatic heterocycles. The molecular formula is C25H14Br2Cl2O. The van der Waals surface area contributed by atoms with Gasteiger partial charge in [-0.1, -0.05) is 104 Å². The third-order valence-electron chi connectivity index (χ3n) is 4.97. The minimum atomic E-state index is -0.231. The van der Waals surface area contributed by atoms with E-state index in [-0.39, 0.29) is 5.78 Å². The zero-order valence-corrected chi connectivity index (χ0v) is 20.2. The fourth-order valence-electron chi connectivity index (χ4n) is 3.59. The van der Waals surface area contributed by atoms with Gasteiger partial charge < -0.3 is 0 Å². The van der Waals surface area contributed by atoms with Crippen molar-refractivity contribution in [2.75, 3.05) is 0 Å². The Labute approximate surface area is 201 Å². The van der Waals surface area contributed by atoms with Crippen LogP contribution in [0.25, 0.3) is 32.7 Å². The van der Waals surface area contributed by atoms with Gasteiger partial charge in [-0.25, -0.2) is 0 Å². The molecule has 0 spiro atoms. The number of hydrogen-bond donors (Lipinski definition) is 0. The minimum absolute atomic E-state index is 0.231. The van der Waals surface area contributed by atoms with E-state index in [9.17, 15) is 4.79 Å². The van der Waals surface area contributed by atoms with Gasteiger partial charge in [-0.3, -0.25) is 4.79 Å². The van der Waals surface area contributed by atoms with Gasteiger partial charge in [-0.05, 0) is 56.9 Å². The molecule has 0 saturated carbocycles. The average Bonchev–Trinajstić information content (AvgIpc) is 2.74. The lowest BCUT2D eigenvalue weighted by Gasteiger charge is -2.14. The Balaban J connectivity index is 1.85. The average molecular weight is 561 g/mol. The highest BCUT2D eigenvalue weighted by molar-refractivity contribution is 9.10. The molecule has 148 valence electrons. The van der Waals surface area contributed by atoms with E-state index < -0.39 is 0 Å². The Bertz CT molecular complexity index is 1250. The number of Topliss-reactive ketones (excluding diaryl/α,β-unsaturated/α-hetero) is 1. The Hall–Kier alpha value is -1.91. The summed E-state index contributed by atoms with van der Waals surface area (Å²) in [5.41, 5.74) is 4.98. The third kappa shape index (κ3) is 4.00. The molecule has 0 unspecified atom stereocenters. The predicted octanol–water partition coefficient (Wildman–Crippen LogP) is 8.95. The lowest BCUT2D eigenvalue weighted by atomic mass is 9.90. The number of carbonyl (C=O) groups excluding carboxylic acids is 1. The number of carbonyl (C=O) groups is 1. The number of halogens is 4. The van der Waals surface area contributed by atoms with Crippen molar-refractivity contribution >= 4 is 93.5 Å². The van der Waals surface area contributed by atoms with Crippen LogP contribution in [0.3, 0.4) is 0 Å². The lowest BCUT2D eigenvalue weighted by Crippen LogP contribution is -2.05. The second kappa shape index (κ2) is 9.07. The van der Waals surface area contributed by atoms with Gasteiger partial charge in [0, 0.05) is 31.2 Å². The van der Waals surface area contributed by atoms with E-state index in [4.69, 9.17) is 23.2 Å². The lowest BCUT2D eigenvalue weighted by molar-refractivity contribution is -0.108. The molecule has 0 saturated heterocycles. The van der Waals surface area contributed by atoms with Crippen molar-refractivity contribution in [3.05, 3.63) is 104 Å². The summed E-state index contributed by atoms with van der Waals surface area (Å²) in [5.74, 6) is -0.231. The van der Waals surface area contributed by atoms with Crippen LogP contribution in [-0.2, 0) is 4.79 Å². The Morgan fingerprint density at radius 2 is 1.10 bits per heavy atom. The molecule has 5 heteroatoms. The molecule has 0 heterocycles. The first-order valence-electron chi connectivity index (χ1n) is 9.06. The van der Waals surface area contributed by atoms with Gasteiger partial charge in [0.15, 0.2) is 5.78 Å². The van der Waals surface area contributed by atoms with E-state index in [2.05, 4.69) is 31.9 Å². The summed E-state index contributed by atoms with van der Waals surface area (Å²) in [5, 5.41) is 3.91. The van der Waals surface area contributed by atoms with Crippen LogP contribution in [0.4, 0.5) is 0 Å². The molecule has 0 aromatic heterocycles. The van der Waals surface area contributed by atoms with Gasteiger partial charge in [0.05, 0.1) is 0 Å². The van der Waals surface area contributed by atoms with E-state index in [0.29, 0.717) is 11.1 Å². The van der Waals surface area contributed by atoms with Crippen LogP contribution in [0.15, 0.2) is 92.8 Å². The summed E-state index contributed by atoms with van der Waals surface area (Å²) in [6.45, 7) is 0. The van der Waals surface area contributed by atoms with Crippen LogP contribution in [0.5, 0.6) is 0 Å². The highest BCUT2D eigenvalue weighted by Crippen LogP contribution is 2.35. The van der Waals surface area contributed by atoms with Crippen LogP contribution >= 0.6 is 55.1 Å². The topological polar surface area (TPSA) is 17.1 Å². The zero-order valence-electron chi connectivity index (χ0n) is 15.5. The zero-order chi connectivity index (χ0) is 21.3. The van der Waals surface area contributed by atoms with Gasteiger partial charge in [-0.2, -0.15) is 0 Å². The van der Waals surface area contributed by atoms with E-state index in [0.717, 1.165) is 41.6 Å².